The number of esters is 1. The van der Waals surface area contributed by atoms with Crippen LogP contribution in [0.4, 0.5) is 0 Å². The van der Waals surface area contributed by atoms with Crippen molar-refractivity contribution in [2.45, 2.75) is 18.6 Å². The van der Waals surface area contributed by atoms with Gasteiger partial charge in [0, 0.05) is 6.92 Å². The van der Waals surface area contributed by atoms with Crippen molar-refractivity contribution in [3.63, 3.8) is 0 Å². The number of carboxylic acids is 1. The van der Waals surface area contributed by atoms with Crippen molar-refractivity contribution in [1.29, 1.82) is 0 Å². The summed E-state index contributed by atoms with van der Waals surface area (Å²) in [6.45, 7) is 1.25. The number of hydrogen-bond acceptors (Lipinski definition) is 5. The van der Waals surface area contributed by atoms with E-state index in [1.54, 1.807) is 0 Å². The lowest BCUT2D eigenvalue weighted by Crippen LogP contribution is -2.22. The fourth-order valence-electron chi connectivity index (χ4n) is 0.759. The van der Waals surface area contributed by atoms with Crippen LogP contribution >= 0.6 is 11.8 Å². The van der Waals surface area contributed by atoms with Crippen LogP contribution in [0, 0.1) is 0 Å². The van der Waals surface area contributed by atoms with Crippen LogP contribution in [-0.2, 0) is 19.1 Å². The first kappa shape index (κ1) is 9.34. The Morgan fingerprint density at radius 3 is 2.75 bits per heavy atom. The zero-order chi connectivity index (χ0) is 9.14. The lowest BCUT2D eigenvalue weighted by Gasteiger charge is -2.08. The number of carbonyl (C=O) groups is 2. The number of hydrogen-bond donors (Lipinski definition) is 1. The highest BCUT2D eigenvalue weighted by Gasteiger charge is 2.32. The summed E-state index contributed by atoms with van der Waals surface area (Å²) in [5, 5.41) is 8.48. The average molecular weight is 192 g/mol. The Hall–Kier alpha value is -0.750. The minimum absolute atomic E-state index is 0.372. The standard InChI is InChI=1S/C6H8O5S/c1-3(7)10-4-2-12-6(11-4)5(8)9/h4,6H,2H2,1H3,(H,8,9)/t4-,6+/m1/s1. The molecule has 1 aliphatic rings. The summed E-state index contributed by atoms with van der Waals surface area (Å²) in [4.78, 5) is 20.8. The molecule has 0 aromatic heterocycles. The molecule has 1 aliphatic heterocycles. The first-order valence-corrected chi connectivity index (χ1v) is 4.31. The van der Waals surface area contributed by atoms with Gasteiger partial charge < -0.3 is 14.6 Å². The van der Waals surface area contributed by atoms with Crippen molar-refractivity contribution in [2.75, 3.05) is 5.75 Å². The van der Waals surface area contributed by atoms with Crippen molar-refractivity contribution in [3.05, 3.63) is 0 Å². The fourth-order valence-corrected chi connectivity index (χ4v) is 1.58. The summed E-state index contributed by atoms with van der Waals surface area (Å²) < 4.78 is 9.50. The average Bonchev–Trinajstić information content (AvgIpc) is 2.34. The molecule has 1 fully saturated rings. The molecule has 6 heteroatoms. The van der Waals surface area contributed by atoms with Gasteiger partial charge in [0.05, 0.1) is 5.75 Å². The molecule has 0 bridgehead atoms. The third-order valence-corrected chi connectivity index (χ3v) is 2.24. The van der Waals surface area contributed by atoms with Crippen LogP contribution in [0.25, 0.3) is 0 Å². The minimum Gasteiger partial charge on any atom is -0.479 e. The number of ether oxygens (including phenoxy) is 2. The molecule has 2 atom stereocenters. The quantitative estimate of drug-likeness (QED) is 0.623. The van der Waals surface area contributed by atoms with Crippen molar-refractivity contribution < 1.29 is 24.2 Å². The lowest BCUT2D eigenvalue weighted by molar-refractivity contribution is -0.177. The van der Waals surface area contributed by atoms with Gasteiger partial charge in [-0.2, -0.15) is 0 Å². The third kappa shape index (κ3) is 2.38. The molecule has 0 spiro atoms. The van der Waals surface area contributed by atoms with E-state index in [1.165, 1.54) is 6.92 Å². The second-order valence-electron chi connectivity index (χ2n) is 2.18. The van der Waals surface area contributed by atoms with Gasteiger partial charge in [-0.3, -0.25) is 4.79 Å². The molecule has 12 heavy (non-hydrogen) atoms. The van der Waals surface area contributed by atoms with Crippen LogP contribution in [0.15, 0.2) is 0 Å². The van der Waals surface area contributed by atoms with E-state index in [0.717, 1.165) is 11.8 Å². The number of carboxylic acid groups (broad SMARTS) is 1. The smallest absolute Gasteiger partial charge is 0.343 e. The highest BCUT2D eigenvalue weighted by Crippen LogP contribution is 2.25. The van der Waals surface area contributed by atoms with E-state index in [0.29, 0.717) is 5.75 Å². The largest absolute Gasteiger partial charge is 0.479 e. The Balaban J connectivity index is 2.35. The van der Waals surface area contributed by atoms with Gasteiger partial charge in [0.25, 0.3) is 0 Å². The van der Waals surface area contributed by atoms with Crippen molar-refractivity contribution in [1.82, 2.24) is 0 Å². The van der Waals surface area contributed by atoms with Crippen molar-refractivity contribution in [2.24, 2.45) is 0 Å². The highest BCUT2D eigenvalue weighted by atomic mass is 32.2. The summed E-state index contributed by atoms with van der Waals surface area (Å²) in [7, 11) is 0. The van der Waals surface area contributed by atoms with E-state index >= 15 is 0 Å². The van der Waals surface area contributed by atoms with Crippen LogP contribution in [0.2, 0.25) is 0 Å². The Labute approximate surface area is 73.0 Å². The normalized spacial score (nSPS) is 28.4. The summed E-state index contributed by atoms with van der Waals surface area (Å²) in [5.74, 6) is -1.14. The first-order chi connectivity index (χ1) is 5.59. The topological polar surface area (TPSA) is 72.8 Å². The van der Waals surface area contributed by atoms with Gasteiger partial charge in [-0.05, 0) is 0 Å². The summed E-state index contributed by atoms with van der Waals surface area (Å²) in [6, 6.07) is 0. The minimum atomic E-state index is -1.05. The molecule has 0 radical (unpaired) electrons. The molecule has 0 aromatic rings. The molecule has 0 aromatic carbocycles. The van der Waals surface area contributed by atoms with E-state index in [1.807, 2.05) is 0 Å². The summed E-state index contributed by atoms with van der Waals surface area (Å²) in [5.41, 5.74) is -0.908. The second kappa shape index (κ2) is 3.77. The van der Waals surface area contributed by atoms with E-state index in [2.05, 4.69) is 4.74 Å². The maximum Gasteiger partial charge on any atom is 0.343 e. The highest BCUT2D eigenvalue weighted by molar-refractivity contribution is 8.00. The maximum absolute atomic E-state index is 10.4. The molecule has 0 unspecified atom stereocenters. The Bertz CT molecular complexity index is 204. The zero-order valence-electron chi connectivity index (χ0n) is 6.35. The maximum atomic E-state index is 10.4. The van der Waals surface area contributed by atoms with Gasteiger partial charge in [-0.15, -0.1) is 11.8 Å². The van der Waals surface area contributed by atoms with E-state index in [9.17, 15) is 9.59 Å². The van der Waals surface area contributed by atoms with E-state index in [4.69, 9.17) is 9.84 Å². The molecule has 0 amide bonds. The summed E-state index contributed by atoms with van der Waals surface area (Å²) >= 11 is 1.10. The van der Waals surface area contributed by atoms with Crippen LogP contribution in [0.5, 0.6) is 0 Å². The molecular weight excluding hydrogens is 184 g/mol. The van der Waals surface area contributed by atoms with Gasteiger partial charge in [0.1, 0.15) is 0 Å². The molecule has 5 nitrogen and oxygen atoms in total. The molecule has 68 valence electrons. The van der Waals surface area contributed by atoms with E-state index < -0.39 is 23.7 Å². The number of thioether (sulfide) groups is 1. The van der Waals surface area contributed by atoms with E-state index in [-0.39, 0.29) is 0 Å². The molecule has 1 heterocycles. The van der Waals surface area contributed by atoms with Gasteiger partial charge >= 0.3 is 11.9 Å². The molecule has 0 saturated carbocycles. The Kier molecular flexibility index (Phi) is 2.93. The molecular formula is C6H8O5S. The first-order valence-electron chi connectivity index (χ1n) is 3.26. The Morgan fingerprint density at radius 1 is 1.67 bits per heavy atom. The second-order valence-corrected chi connectivity index (χ2v) is 3.27. The van der Waals surface area contributed by atoms with Gasteiger partial charge in [0.15, 0.2) is 0 Å². The molecule has 1 N–H and O–H groups in total. The number of carbonyl (C=O) groups excluding carboxylic acids is 1. The van der Waals surface area contributed by atoms with Crippen LogP contribution in [-0.4, -0.2) is 34.5 Å². The van der Waals surface area contributed by atoms with Crippen LogP contribution in [0.3, 0.4) is 0 Å². The third-order valence-electron chi connectivity index (χ3n) is 1.16. The zero-order valence-corrected chi connectivity index (χ0v) is 7.17. The predicted octanol–water partition coefficient (Wildman–Crippen LogP) is 0.0497. The van der Waals surface area contributed by atoms with Gasteiger partial charge in [-0.1, -0.05) is 0 Å². The SMILES string of the molecule is CC(=O)O[C@H]1CS[C@@H](C(=O)O)O1. The van der Waals surface area contributed by atoms with Crippen LogP contribution in [0.1, 0.15) is 6.92 Å². The van der Waals surface area contributed by atoms with Gasteiger partial charge in [0.2, 0.25) is 11.7 Å². The molecule has 0 aliphatic carbocycles. The number of rotatable bonds is 2. The Morgan fingerprint density at radius 2 is 2.33 bits per heavy atom. The van der Waals surface area contributed by atoms with Crippen molar-refractivity contribution >= 4 is 23.7 Å². The van der Waals surface area contributed by atoms with Crippen molar-refractivity contribution in [3.8, 4) is 0 Å². The molecule has 1 rings (SSSR count). The van der Waals surface area contributed by atoms with Crippen LogP contribution < -0.4 is 0 Å². The lowest BCUT2D eigenvalue weighted by atomic mass is 10.7. The number of aliphatic carboxylic acids is 1. The molecule has 1 saturated heterocycles. The monoisotopic (exact) mass is 192 g/mol. The van der Waals surface area contributed by atoms with Gasteiger partial charge in [-0.25, -0.2) is 4.79 Å². The summed E-state index contributed by atoms with van der Waals surface area (Å²) in [6.07, 6.45) is -0.714. The predicted molar refractivity (Wildman–Crippen MR) is 40.5 cm³/mol. The fraction of sp³-hybridized carbons (Fsp3) is 0.667.